The Morgan fingerprint density at radius 1 is 1.19 bits per heavy atom. The molecule has 0 saturated heterocycles. The van der Waals surface area contributed by atoms with Crippen molar-refractivity contribution < 1.29 is 0 Å². The second kappa shape index (κ2) is 6.26. The number of anilines is 1. The van der Waals surface area contributed by atoms with Gasteiger partial charge in [-0.15, -0.1) is 10.2 Å². The number of rotatable bonds is 5. The van der Waals surface area contributed by atoms with Crippen molar-refractivity contribution in [3.63, 3.8) is 0 Å². The predicted molar refractivity (Wildman–Crippen MR) is 69.2 cm³/mol. The van der Waals surface area contributed by atoms with Crippen molar-refractivity contribution in [2.75, 3.05) is 5.32 Å². The fraction of sp³-hybridized carbons (Fsp3) is 0.636. The standard InChI is InChI=1S/C11H17Cl2N3/c1-7(2)4-5-8(3)14-9-6-10(12)15-16-11(9)13/h6-8H,4-5H2,1-3H3,(H,14,15). The van der Waals surface area contributed by atoms with Crippen LogP contribution in [0, 0.1) is 5.92 Å². The molecule has 90 valence electrons. The van der Waals surface area contributed by atoms with Crippen LogP contribution in [0.4, 0.5) is 5.69 Å². The zero-order valence-electron chi connectivity index (χ0n) is 9.80. The van der Waals surface area contributed by atoms with Gasteiger partial charge in [0.2, 0.25) is 0 Å². The average molecular weight is 262 g/mol. The topological polar surface area (TPSA) is 37.8 Å². The Labute approximate surface area is 107 Å². The Morgan fingerprint density at radius 2 is 1.88 bits per heavy atom. The summed E-state index contributed by atoms with van der Waals surface area (Å²) in [5.41, 5.74) is 0.748. The number of aromatic nitrogens is 2. The van der Waals surface area contributed by atoms with E-state index in [1.54, 1.807) is 6.07 Å². The lowest BCUT2D eigenvalue weighted by Crippen LogP contribution is -2.16. The van der Waals surface area contributed by atoms with Gasteiger partial charge in [-0.25, -0.2) is 0 Å². The van der Waals surface area contributed by atoms with Crippen molar-refractivity contribution in [3.05, 3.63) is 16.4 Å². The molecule has 3 nitrogen and oxygen atoms in total. The van der Waals surface area contributed by atoms with Crippen molar-refractivity contribution in [1.29, 1.82) is 0 Å². The van der Waals surface area contributed by atoms with Gasteiger partial charge in [0, 0.05) is 12.1 Å². The Kier molecular flexibility index (Phi) is 5.29. The third-order valence-electron chi connectivity index (χ3n) is 2.30. The van der Waals surface area contributed by atoms with Crippen LogP contribution in [0.2, 0.25) is 10.3 Å². The van der Waals surface area contributed by atoms with E-state index in [2.05, 4.69) is 36.3 Å². The number of nitrogens with zero attached hydrogens (tertiary/aromatic N) is 2. The molecule has 5 heteroatoms. The average Bonchev–Trinajstić information content (AvgIpc) is 2.20. The molecule has 0 aliphatic carbocycles. The minimum atomic E-state index is 0.347. The maximum Gasteiger partial charge on any atom is 0.174 e. The molecule has 1 heterocycles. The molecule has 0 spiro atoms. The van der Waals surface area contributed by atoms with Gasteiger partial charge in [-0.2, -0.15) is 0 Å². The third kappa shape index (κ3) is 4.54. The quantitative estimate of drug-likeness (QED) is 0.870. The van der Waals surface area contributed by atoms with Gasteiger partial charge in [0.1, 0.15) is 0 Å². The predicted octanol–water partition coefficient (Wildman–Crippen LogP) is 4.02. The molecule has 0 radical (unpaired) electrons. The minimum absolute atomic E-state index is 0.347. The highest BCUT2D eigenvalue weighted by Crippen LogP contribution is 2.22. The van der Waals surface area contributed by atoms with E-state index in [9.17, 15) is 0 Å². The molecule has 1 unspecified atom stereocenters. The first kappa shape index (κ1) is 13.5. The molecule has 1 atom stereocenters. The molecule has 16 heavy (non-hydrogen) atoms. The van der Waals surface area contributed by atoms with Crippen LogP contribution in [-0.2, 0) is 0 Å². The molecule has 1 N–H and O–H groups in total. The van der Waals surface area contributed by atoms with Crippen LogP contribution in [0.5, 0.6) is 0 Å². The van der Waals surface area contributed by atoms with Gasteiger partial charge in [0.25, 0.3) is 0 Å². The van der Waals surface area contributed by atoms with Crippen molar-refractivity contribution in [2.45, 2.75) is 39.7 Å². The van der Waals surface area contributed by atoms with Crippen molar-refractivity contribution in [1.82, 2.24) is 10.2 Å². The van der Waals surface area contributed by atoms with E-state index >= 15 is 0 Å². The lowest BCUT2D eigenvalue weighted by Gasteiger charge is -2.16. The second-order valence-electron chi connectivity index (χ2n) is 4.39. The van der Waals surface area contributed by atoms with E-state index < -0.39 is 0 Å². The molecule has 0 aromatic carbocycles. The van der Waals surface area contributed by atoms with Gasteiger partial charge in [0.15, 0.2) is 10.3 Å². The Bertz CT molecular complexity index is 342. The summed E-state index contributed by atoms with van der Waals surface area (Å²) in [6.45, 7) is 6.54. The number of hydrogen-bond donors (Lipinski definition) is 1. The molecule has 0 aliphatic heterocycles. The van der Waals surface area contributed by atoms with E-state index in [1.165, 1.54) is 6.42 Å². The highest BCUT2D eigenvalue weighted by atomic mass is 35.5. The molecule has 0 bridgehead atoms. The fourth-order valence-corrected chi connectivity index (χ4v) is 1.67. The normalized spacial score (nSPS) is 12.9. The Balaban J connectivity index is 2.55. The van der Waals surface area contributed by atoms with Crippen molar-refractivity contribution in [3.8, 4) is 0 Å². The fourth-order valence-electron chi connectivity index (χ4n) is 1.38. The largest absolute Gasteiger partial charge is 0.380 e. The van der Waals surface area contributed by atoms with Gasteiger partial charge < -0.3 is 5.32 Å². The van der Waals surface area contributed by atoms with Gasteiger partial charge in [-0.1, -0.05) is 37.0 Å². The zero-order chi connectivity index (χ0) is 12.1. The molecule has 1 rings (SSSR count). The molecule has 0 aliphatic rings. The van der Waals surface area contributed by atoms with Gasteiger partial charge >= 0.3 is 0 Å². The van der Waals surface area contributed by atoms with Crippen molar-refractivity contribution >= 4 is 28.9 Å². The van der Waals surface area contributed by atoms with Crippen LogP contribution in [0.15, 0.2) is 6.07 Å². The number of hydrogen-bond acceptors (Lipinski definition) is 3. The SMILES string of the molecule is CC(C)CCC(C)Nc1cc(Cl)nnc1Cl. The molecular weight excluding hydrogens is 245 g/mol. The van der Waals surface area contributed by atoms with E-state index in [0.717, 1.165) is 12.1 Å². The summed E-state index contributed by atoms with van der Waals surface area (Å²) < 4.78 is 0. The lowest BCUT2D eigenvalue weighted by atomic mass is 10.0. The molecule has 0 saturated carbocycles. The summed E-state index contributed by atoms with van der Waals surface area (Å²) in [4.78, 5) is 0. The number of halogens is 2. The van der Waals surface area contributed by atoms with Crippen LogP contribution < -0.4 is 5.32 Å². The first-order valence-electron chi connectivity index (χ1n) is 5.44. The van der Waals surface area contributed by atoms with E-state index in [4.69, 9.17) is 23.2 Å². The molecule has 1 aromatic rings. The molecule has 0 fully saturated rings. The Morgan fingerprint density at radius 3 is 2.50 bits per heavy atom. The summed E-state index contributed by atoms with van der Waals surface area (Å²) in [6.07, 6.45) is 2.27. The van der Waals surface area contributed by atoms with Crippen molar-refractivity contribution in [2.24, 2.45) is 5.92 Å². The lowest BCUT2D eigenvalue weighted by molar-refractivity contribution is 0.527. The van der Waals surface area contributed by atoms with Crippen LogP contribution in [-0.4, -0.2) is 16.2 Å². The summed E-state index contributed by atoms with van der Waals surface area (Å²) in [5, 5.41) is 11.4. The monoisotopic (exact) mass is 261 g/mol. The summed E-state index contributed by atoms with van der Waals surface area (Å²) in [5.74, 6) is 0.707. The molecule has 1 aromatic heterocycles. The summed E-state index contributed by atoms with van der Waals surface area (Å²) >= 11 is 11.7. The third-order valence-corrected chi connectivity index (χ3v) is 2.76. The smallest absolute Gasteiger partial charge is 0.174 e. The van der Waals surface area contributed by atoms with E-state index in [0.29, 0.717) is 22.3 Å². The first-order valence-corrected chi connectivity index (χ1v) is 6.20. The maximum atomic E-state index is 5.91. The molecule has 0 amide bonds. The number of nitrogens with one attached hydrogen (secondary N) is 1. The van der Waals surface area contributed by atoms with Crippen LogP contribution in [0.3, 0.4) is 0 Å². The van der Waals surface area contributed by atoms with E-state index in [1.807, 2.05) is 0 Å². The maximum absolute atomic E-state index is 5.91. The van der Waals surface area contributed by atoms with Crippen LogP contribution in [0.1, 0.15) is 33.6 Å². The Hall–Kier alpha value is -0.540. The summed E-state index contributed by atoms with van der Waals surface area (Å²) in [7, 11) is 0. The minimum Gasteiger partial charge on any atom is -0.380 e. The second-order valence-corrected chi connectivity index (χ2v) is 5.13. The highest BCUT2D eigenvalue weighted by Gasteiger charge is 2.08. The van der Waals surface area contributed by atoms with E-state index in [-0.39, 0.29) is 0 Å². The van der Waals surface area contributed by atoms with Crippen LogP contribution >= 0.6 is 23.2 Å². The molecular formula is C11H17Cl2N3. The zero-order valence-corrected chi connectivity index (χ0v) is 11.3. The van der Waals surface area contributed by atoms with Crippen LogP contribution in [0.25, 0.3) is 0 Å². The van der Waals surface area contributed by atoms with Gasteiger partial charge in [-0.3, -0.25) is 0 Å². The highest BCUT2D eigenvalue weighted by molar-refractivity contribution is 6.33. The first-order chi connectivity index (χ1) is 7.49. The summed E-state index contributed by atoms with van der Waals surface area (Å²) in [6, 6.07) is 2.04. The van der Waals surface area contributed by atoms with Gasteiger partial charge in [0.05, 0.1) is 5.69 Å². The van der Waals surface area contributed by atoms with Gasteiger partial charge in [-0.05, 0) is 25.7 Å².